The van der Waals surface area contributed by atoms with Gasteiger partial charge in [0.25, 0.3) is 0 Å². The zero-order valence-electron chi connectivity index (χ0n) is 17.6. The smallest absolute Gasteiger partial charge is 0.191 e. The molecule has 1 atom stereocenters. The van der Waals surface area contributed by atoms with Crippen molar-refractivity contribution in [2.24, 2.45) is 4.99 Å². The summed E-state index contributed by atoms with van der Waals surface area (Å²) in [6.45, 7) is 5.76. The summed E-state index contributed by atoms with van der Waals surface area (Å²) < 4.78 is 16.8. The minimum absolute atomic E-state index is 0.0816. The molecule has 0 fully saturated rings. The molecule has 0 bridgehead atoms. The van der Waals surface area contributed by atoms with Crippen molar-refractivity contribution in [2.45, 2.75) is 26.5 Å². The van der Waals surface area contributed by atoms with Gasteiger partial charge < -0.3 is 24.6 Å². The fraction of sp³-hybridized carbons (Fsp3) is 0.304. The molecule has 1 heterocycles. The van der Waals surface area contributed by atoms with Crippen molar-refractivity contribution in [1.29, 1.82) is 0 Å². The summed E-state index contributed by atoms with van der Waals surface area (Å²) in [5.41, 5.74) is 1.76. The zero-order valence-corrected chi connectivity index (χ0v) is 17.6. The molecule has 1 unspecified atom stereocenters. The Kier molecular flexibility index (Phi) is 7.71. The van der Waals surface area contributed by atoms with Crippen molar-refractivity contribution < 1.29 is 14.0 Å². The van der Waals surface area contributed by atoms with Gasteiger partial charge in [0.05, 0.1) is 20.2 Å². The molecule has 2 N–H and O–H groups in total. The van der Waals surface area contributed by atoms with Crippen molar-refractivity contribution in [3.05, 3.63) is 66.4 Å². The monoisotopic (exact) mass is 408 g/mol. The van der Waals surface area contributed by atoms with Gasteiger partial charge in [0.2, 0.25) is 0 Å². The van der Waals surface area contributed by atoms with Crippen molar-refractivity contribution in [2.75, 3.05) is 20.2 Å². The van der Waals surface area contributed by atoms with Crippen molar-refractivity contribution in [3.63, 3.8) is 0 Å². The van der Waals surface area contributed by atoms with Gasteiger partial charge in [-0.3, -0.25) is 0 Å². The predicted octanol–water partition coefficient (Wildman–Crippen LogP) is 3.87. The fourth-order valence-electron chi connectivity index (χ4n) is 2.84. The van der Waals surface area contributed by atoms with Crippen molar-refractivity contribution >= 4 is 5.96 Å². The van der Waals surface area contributed by atoms with Crippen molar-refractivity contribution in [3.8, 4) is 22.8 Å². The molecule has 3 aromatic rings. The summed E-state index contributed by atoms with van der Waals surface area (Å²) in [7, 11) is 1.63. The van der Waals surface area contributed by atoms with E-state index in [1.165, 1.54) is 0 Å². The number of aromatic nitrogens is 1. The zero-order chi connectivity index (χ0) is 21.2. The van der Waals surface area contributed by atoms with Crippen LogP contribution in [0.5, 0.6) is 11.5 Å². The van der Waals surface area contributed by atoms with Crippen LogP contribution in [-0.2, 0) is 6.54 Å². The largest absolute Gasteiger partial charge is 0.493 e. The lowest BCUT2D eigenvalue weighted by Gasteiger charge is -2.18. The summed E-state index contributed by atoms with van der Waals surface area (Å²) in [5, 5.41) is 10.7. The molecule has 0 radical (unpaired) electrons. The molecule has 158 valence electrons. The molecule has 0 saturated heterocycles. The van der Waals surface area contributed by atoms with Crippen LogP contribution in [0.2, 0.25) is 0 Å². The van der Waals surface area contributed by atoms with Gasteiger partial charge in [0.1, 0.15) is 11.8 Å². The maximum atomic E-state index is 5.98. The molecule has 7 nitrogen and oxygen atoms in total. The summed E-state index contributed by atoms with van der Waals surface area (Å²) >= 11 is 0. The first-order valence-electron chi connectivity index (χ1n) is 10.0. The maximum absolute atomic E-state index is 5.98. The molecule has 0 spiro atoms. The SMILES string of the molecule is CCNC(=NCc1cc(-c2ccccc2)on1)NCC(C)Oc1ccccc1OC. The van der Waals surface area contributed by atoms with E-state index in [9.17, 15) is 0 Å². The van der Waals surface area contributed by atoms with E-state index < -0.39 is 0 Å². The van der Waals surface area contributed by atoms with E-state index in [0.29, 0.717) is 30.5 Å². The van der Waals surface area contributed by atoms with Crippen LogP contribution < -0.4 is 20.1 Å². The van der Waals surface area contributed by atoms with Gasteiger partial charge in [-0.1, -0.05) is 47.6 Å². The minimum atomic E-state index is -0.0816. The average molecular weight is 409 g/mol. The van der Waals surface area contributed by atoms with Gasteiger partial charge in [-0.15, -0.1) is 0 Å². The van der Waals surface area contributed by atoms with E-state index >= 15 is 0 Å². The van der Waals surface area contributed by atoms with E-state index in [4.69, 9.17) is 14.0 Å². The van der Waals surface area contributed by atoms with Gasteiger partial charge in [-0.25, -0.2) is 4.99 Å². The van der Waals surface area contributed by atoms with Crippen LogP contribution in [0.1, 0.15) is 19.5 Å². The third-order valence-electron chi connectivity index (χ3n) is 4.31. The number of methoxy groups -OCH3 is 1. The summed E-state index contributed by atoms with van der Waals surface area (Å²) in [6.07, 6.45) is -0.0816. The molecular formula is C23H28N4O3. The first-order chi connectivity index (χ1) is 14.7. The van der Waals surface area contributed by atoms with Crippen molar-refractivity contribution in [1.82, 2.24) is 15.8 Å². The number of hydrogen-bond donors (Lipinski definition) is 2. The van der Waals surface area contributed by atoms with Crippen LogP contribution >= 0.6 is 0 Å². The van der Waals surface area contributed by atoms with Crippen LogP contribution in [0.15, 0.2) is 70.2 Å². The highest BCUT2D eigenvalue weighted by Gasteiger charge is 2.10. The Morgan fingerprint density at radius 3 is 2.53 bits per heavy atom. The van der Waals surface area contributed by atoms with E-state index in [1.54, 1.807) is 7.11 Å². The Hall–Kier alpha value is -3.48. The quantitative estimate of drug-likeness (QED) is 0.413. The number of nitrogens with zero attached hydrogens (tertiary/aromatic N) is 2. The third kappa shape index (κ3) is 6.01. The lowest BCUT2D eigenvalue weighted by Crippen LogP contribution is -2.41. The topological polar surface area (TPSA) is 80.9 Å². The Balaban J connectivity index is 1.56. The highest BCUT2D eigenvalue weighted by Crippen LogP contribution is 2.26. The van der Waals surface area contributed by atoms with E-state index in [0.717, 1.165) is 23.6 Å². The normalized spacial score (nSPS) is 12.3. The van der Waals surface area contributed by atoms with E-state index in [2.05, 4.69) is 20.8 Å². The first kappa shape index (κ1) is 21.2. The fourth-order valence-corrected chi connectivity index (χ4v) is 2.84. The number of para-hydroxylation sites is 2. The number of benzene rings is 2. The summed E-state index contributed by atoms with van der Waals surface area (Å²) in [6, 6.07) is 19.4. The number of guanidine groups is 1. The highest BCUT2D eigenvalue weighted by molar-refractivity contribution is 5.79. The number of aliphatic imine (C=N–C) groups is 1. The first-order valence-corrected chi connectivity index (χ1v) is 10.0. The molecule has 1 aromatic heterocycles. The van der Waals surface area contributed by atoms with Crippen LogP contribution in [0, 0.1) is 0 Å². The third-order valence-corrected chi connectivity index (χ3v) is 4.31. The van der Waals surface area contributed by atoms with Gasteiger partial charge in [0, 0.05) is 18.2 Å². The van der Waals surface area contributed by atoms with Gasteiger partial charge >= 0.3 is 0 Å². The Morgan fingerprint density at radius 2 is 1.80 bits per heavy atom. The second-order valence-corrected chi connectivity index (χ2v) is 6.70. The van der Waals surface area contributed by atoms with E-state index in [-0.39, 0.29) is 6.10 Å². The van der Waals surface area contributed by atoms with Gasteiger partial charge in [-0.2, -0.15) is 0 Å². The molecule has 0 aliphatic heterocycles. The predicted molar refractivity (Wildman–Crippen MR) is 118 cm³/mol. The van der Waals surface area contributed by atoms with Crippen LogP contribution in [0.3, 0.4) is 0 Å². The summed E-state index contributed by atoms with van der Waals surface area (Å²) in [5.74, 6) is 2.85. The second kappa shape index (κ2) is 10.9. The van der Waals surface area contributed by atoms with Crippen LogP contribution in [0.4, 0.5) is 0 Å². The van der Waals surface area contributed by atoms with Gasteiger partial charge in [0.15, 0.2) is 23.2 Å². The Labute approximate surface area is 177 Å². The maximum Gasteiger partial charge on any atom is 0.191 e. The molecule has 0 aliphatic carbocycles. The number of hydrogen-bond acceptors (Lipinski definition) is 5. The van der Waals surface area contributed by atoms with Crippen LogP contribution in [-0.4, -0.2) is 37.4 Å². The number of rotatable bonds is 9. The molecule has 30 heavy (non-hydrogen) atoms. The number of ether oxygens (including phenoxy) is 2. The Bertz CT molecular complexity index is 940. The molecule has 3 rings (SSSR count). The lowest BCUT2D eigenvalue weighted by molar-refractivity contribution is 0.213. The lowest BCUT2D eigenvalue weighted by atomic mass is 10.2. The molecule has 0 saturated carbocycles. The minimum Gasteiger partial charge on any atom is -0.493 e. The van der Waals surface area contributed by atoms with E-state index in [1.807, 2.05) is 74.5 Å². The Morgan fingerprint density at radius 1 is 1.07 bits per heavy atom. The molecule has 2 aromatic carbocycles. The van der Waals surface area contributed by atoms with Gasteiger partial charge in [-0.05, 0) is 26.0 Å². The summed E-state index contributed by atoms with van der Waals surface area (Å²) in [4.78, 5) is 4.60. The molecular weight excluding hydrogens is 380 g/mol. The average Bonchev–Trinajstić information content (AvgIpc) is 3.26. The molecule has 7 heteroatoms. The highest BCUT2D eigenvalue weighted by atomic mass is 16.5. The van der Waals surface area contributed by atoms with Crippen LogP contribution in [0.25, 0.3) is 11.3 Å². The molecule has 0 aliphatic rings. The standard InChI is InChI=1S/C23H28N4O3/c1-4-24-23(25-15-17(2)29-21-13-9-8-12-20(21)28-3)26-16-19-14-22(30-27-19)18-10-6-5-7-11-18/h5-14,17H,4,15-16H2,1-3H3,(H2,24,25,26). The molecule has 0 amide bonds. The number of nitrogens with one attached hydrogen (secondary N) is 2. The second-order valence-electron chi connectivity index (χ2n) is 6.70.